The van der Waals surface area contributed by atoms with Gasteiger partial charge in [-0.1, -0.05) is 37.3 Å². The molecule has 2 aliphatic rings. The second kappa shape index (κ2) is 14.1. The normalized spacial score (nSPS) is 24.9. The maximum Gasteiger partial charge on any atom is 0.490 e. The third-order valence-electron chi connectivity index (χ3n) is 6.84. The lowest BCUT2D eigenvalue weighted by Crippen LogP contribution is -2.64. The Morgan fingerprint density at radius 3 is 2.15 bits per heavy atom. The summed E-state index contributed by atoms with van der Waals surface area (Å²) in [5.74, 6) is -1.10. The zero-order valence-electron chi connectivity index (χ0n) is 24.2. The first-order valence-corrected chi connectivity index (χ1v) is 17.8. The van der Waals surface area contributed by atoms with Gasteiger partial charge in [0.25, 0.3) is 0 Å². The van der Waals surface area contributed by atoms with Crippen LogP contribution in [0.3, 0.4) is 0 Å². The molecule has 4 heterocycles. The molecule has 10 N–H and O–H groups in total. The molecule has 2 fully saturated rings. The van der Waals surface area contributed by atoms with Gasteiger partial charge in [0.05, 0.1) is 12.9 Å². The molecule has 0 radical (unpaired) electrons. The molecule has 3 aromatic rings. The monoisotopic (exact) mass is 739 g/mol. The molecule has 262 valence electrons. The predicted octanol–water partition coefficient (Wildman–Crippen LogP) is -0.929. The number of carbonyl (C=O) groups is 3. The summed E-state index contributed by atoms with van der Waals surface area (Å²) in [7, 11) is -16.7. The van der Waals surface area contributed by atoms with E-state index in [-0.39, 0.29) is 17.0 Å². The van der Waals surface area contributed by atoms with E-state index in [4.69, 9.17) is 25.2 Å². The highest BCUT2D eigenvalue weighted by Crippen LogP contribution is 2.66. The summed E-state index contributed by atoms with van der Waals surface area (Å²) in [5.41, 5.74) is 5.28. The number of imidazole rings is 1. The maximum absolute atomic E-state index is 12.0. The SMILES string of the molecule is CCC1(c2ccccc2)C(=O)NC(=O)NC1=O.Nc1ncnc2c1ncn2[C@@H]1O[C@H](COP(=O)(O)OP(=O)(O)OP(=O)(O)O)[C@@H](O)[C@H]1O. The highest BCUT2D eigenvalue weighted by molar-refractivity contribution is 7.66. The Morgan fingerprint density at radius 1 is 0.938 bits per heavy atom. The number of aliphatic hydroxyl groups is 2. The average molecular weight is 739 g/mol. The number of imide groups is 2. The molecule has 4 amide bonds. The van der Waals surface area contributed by atoms with E-state index in [0.717, 1.165) is 6.33 Å². The molecule has 2 aromatic heterocycles. The summed E-state index contributed by atoms with van der Waals surface area (Å²) in [6.45, 7) is 0.782. The molecule has 0 saturated carbocycles. The minimum atomic E-state index is -5.70. The smallest absolute Gasteiger partial charge is 0.387 e. The van der Waals surface area contributed by atoms with Gasteiger partial charge >= 0.3 is 29.5 Å². The number of nitrogens with one attached hydrogen (secondary N) is 2. The number of barbiturate groups is 1. The molecule has 23 nitrogen and oxygen atoms in total. The molecule has 2 unspecified atom stereocenters. The van der Waals surface area contributed by atoms with Crippen LogP contribution in [-0.4, -0.2) is 92.1 Å². The number of nitrogens with zero attached hydrogens (tertiary/aromatic N) is 4. The van der Waals surface area contributed by atoms with Crippen molar-refractivity contribution in [1.82, 2.24) is 30.2 Å². The van der Waals surface area contributed by atoms with E-state index in [0.29, 0.717) is 12.0 Å². The fourth-order valence-electron chi connectivity index (χ4n) is 4.69. The van der Waals surface area contributed by atoms with Crippen molar-refractivity contribution >= 4 is 58.3 Å². The topological polar surface area (TPSA) is 354 Å². The number of benzene rings is 1. The number of nitrogens with two attached hydrogens (primary N) is 1. The number of ether oxygens (including phenoxy) is 1. The Bertz CT molecular complexity index is 1820. The maximum atomic E-state index is 12.0. The standard InChI is InChI=1S/C12H12N2O3.C10H16N5O13P3/c1-2-12(8-6-4-3-5-7-8)9(15)13-11(17)14-10(12)16;11-8-5-9(13-2-12-8)15(3-14-5)10-7(17)6(16)4(26-10)1-25-30(21,22)28-31(23,24)27-29(18,19)20/h3-7H,2H2,1H3,(H2,13,14,15,16,17);2-4,6-7,10,16-17H,1H2,(H,21,22)(H,23,24)(H2,11,12,13)(H2,18,19,20)/t;4-,6-,7-,10-/m.1/s1. The number of rotatable bonds is 10. The highest BCUT2D eigenvalue weighted by Gasteiger charge is 2.50. The molecule has 0 spiro atoms. The molecule has 6 atom stereocenters. The van der Waals surface area contributed by atoms with Gasteiger partial charge in [0.1, 0.15) is 30.2 Å². The molecular weight excluding hydrogens is 711 g/mol. The number of phosphoric acid groups is 3. The van der Waals surface area contributed by atoms with Gasteiger partial charge < -0.3 is 40.3 Å². The van der Waals surface area contributed by atoms with Crippen LogP contribution in [0.25, 0.3) is 11.2 Å². The lowest BCUT2D eigenvalue weighted by molar-refractivity contribution is -0.138. The van der Waals surface area contributed by atoms with Crippen molar-refractivity contribution in [1.29, 1.82) is 0 Å². The second-order valence-corrected chi connectivity index (χ2v) is 14.3. The van der Waals surface area contributed by atoms with Crippen LogP contribution in [0.5, 0.6) is 0 Å². The minimum Gasteiger partial charge on any atom is -0.387 e. The Labute approximate surface area is 268 Å². The van der Waals surface area contributed by atoms with Crippen molar-refractivity contribution in [2.24, 2.45) is 0 Å². The second-order valence-electron chi connectivity index (χ2n) is 9.88. The summed E-state index contributed by atoms with van der Waals surface area (Å²) in [5, 5.41) is 24.7. The molecule has 2 saturated heterocycles. The fourth-order valence-corrected chi connectivity index (χ4v) is 7.72. The van der Waals surface area contributed by atoms with Gasteiger partial charge in [-0.3, -0.25) is 29.3 Å². The molecule has 1 aromatic carbocycles. The van der Waals surface area contributed by atoms with E-state index in [1.807, 2.05) is 0 Å². The van der Waals surface area contributed by atoms with Gasteiger partial charge in [-0.2, -0.15) is 8.62 Å². The van der Waals surface area contributed by atoms with Crippen LogP contribution in [0.15, 0.2) is 43.0 Å². The van der Waals surface area contributed by atoms with Gasteiger partial charge in [0, 0.05) is 0 Å². The lowest BCUT2D eigenvalue weighted by atomic mass is 9.75. The molecular formula is C22H28N7O16P3. The number of hydrogen-bond donors (Lipinski definition) is 9. The number of urea groups is 1. The number of phosphoric ester groups is 1. The van der Waals surface area contributed by atoms with E-state index in [1.54, 1.807) is 37.3 Å². The van der Waals surface area contributed by atoms with Gasteiger partial charge in [-0.15, -0.1) is 0 Å². The number of hydrogen-bond acceptors (Lipinski definition) is 16. The van der Waals surface area contributed by atoms with Crippen LogP contribution in [0.1, 0.15) is 25.1 Å². The molecule has 0 bridgehead atoms. The van der Waals surface area contributed by atoms with Gasteiger partial charge in [0.2, 0.25) is 11.8 Å². The predicted molar refractivity (Wildman–Crippen MR) is 156 cm³/mol. The molecule has 2 aliphatic heterocycles. The van der Waals surface area contributed by atoms with Crippen LogP contribution in [0, 0.1) is 0 Å². The summed E-state index contributed by atoms with van der Waals surface area (Å²) in [6.07, 6.45) is -3.40. The Hall–Kier alpha value is -3.53. The van der Waals surface area contributed by atoms with Crippen LogP contribution >= 0.6 is 23.5 Å². The van der Waals surface area contributed by atoms with Crippen molar-refractivity contribution < 1.29 is 75.7 Å². The number of carbonyl (C=O) groups excluding carboxylic acids is 3. The number of fused-ring (bicyclic) bond motifs is 1. The van der Waals surface area contributed by atoms with Crippen LogP contribution in [-0.2, 0) is 46.6 Å². The first-order valence-electron chi connectivity index (χ1n) is 13.3. The Balaban J connectivity index is 0.000000257. The Kier molecular flexibility index (Phi) is 11.0. The fraction of sp³-hybridized carbons (Fsp3) is 0.364. The first-order chi connectivity index (χ1) is 22.3. The zero-order valence-corrected chi connectivity index (χ0v) is 26.9. The third-order valence-corrected chi connectivity index (χ3v) is 10.6. The number of nitrogen functional groups attached to an aromatic ring is 1. The zero-order chi connectivity index (χ0) is 35.7. The van der Waals surface area contributed by atoms with Crippen LogP contribution < -0.4 is 16.4 Å². The van der Waals surface area contributed by atoms with E-state index < -0.39 is 77.9 Å². The quantitative estimate of drug-likeness (QED) is 0.0895. The van der Waals surface area contributed by atoms with Gasteiger partial charge in [0.15, 0.2) is 23.1 Å². The summed E-state index contributed by atoms with van der Waals surface area (Å²) >= 11 is 0. The van der Waals surface area contributed by atoms with E-state index >= 15 is 0 Å². The largest absolute Gasteiger partial charge is 0.490 e. The summed E-state index contributed by atoms with van der Waals surface area (Å²) in [6, 6.07) is 7.96. The number of anilines is 1. The van der Waals surface area contributed by atoms with Crippen molar-refractivity contribution in [3.8, 4) is 0 Å². The molecule has 26 heteroatoms. The van der Waals surface area contributed by atoms with Crippen molar-refractivity contribution in [3.05, 3.63) is 48.5 Å². The summed E-state index contributed by atoms with van der Waals surface area (Å²) in [4.78, 5) is 82.2. The van der Waals surface area contributed by atoms with Crippen molar-refractivity contribution in [3.63, 3.8) is 0 Å². The number of aliphatic hydroxyl groups excluding tert-OH is 2. The lowest BCUT2D eigenvalue weighted by Gasteiger charge is -2.33. The first kappa shape index (κ1) is 37.3. The Morgan fingerprint density at radius 2 is 1.56 bits per heavy atom. The van der Waals surface area contributed by atoms with E-state index in [2.05, 4.69) is 38.7 Å². The van der Waals surface area contributed by atoms with Gasteiger partial charge in [-0.25, -0.2) is 33.4 Å². The van der Waals surface area contributed by atoms with E-state index in [1.165, 1.54) is 10.9 Å². The minimum absolute atomic E-state index is 0.0426. The van der Waals surface area contributed by atoms with Gasteiger partial charge in [-0.05, 0) is 12.0 Å². The van der Waals surface area contributed by atoms with Crippen LogP contribution in [0.4, 0.5) is 10.6 Å². The molecule has 48 heavy (non-hydrogen) atoms. The van der Waals surface area contributed by atoms with E-state index in [9.17, 15) is 43.2 Å². The third kappa shape index (κ3) is 8.18. The molecule has 0 aliphatic carbocycles. The van der Waals surface area contributed by atoms with Crippen LogP contribution in [0.2, 0.25) is 0 Å². The highest BCUT2D eigenvalue weighted by atomic mass is 31.3. The average Bonchev–Trinajstić information content (AvgIpc) is 3.52. The number of aromatic nitrogens is 4. The van der Waals surface area contributed by atoms with Crippen molar-refractivity contribution in [2.75, 3.05) is 12.3 Å². The summed E-state index contributed by atoms with van der Waals surface area (Å²) < 4.78 is 51.9. The molecule has 5 rings (SSSR count). The number of amides is 4. The van der Waals surface area contributed by atoms with Crippen molar-refractivity contribution in [2.45, 2.75) is 43.3 Å².